The third-order valence-corrected chi connectivity index (χ3v) is 3.10. The lowest BCUT2D eigenvalue weighted by molar-refractivity contribution is -0.123. The number of aromatic nitrogens is 1. The maximum Gasteiger partial charge on any atom is 0.224 e. The summed E-state index contributed by atoms with van der Waals surface area (Å²) in [5, 5.41) is 5.79. The molecule has 0 aromatic carbocycles. The molecule has 1 rings (SSSR count). The molecule has 1 aromatic heterocycles. The van der Waals surface area contributed by atoms with E-state index in [2.05, 4.69) is 10.3 Å². The van der Waals surface area contributed by atoms with Gasteiger partial charge in [-0.25, -0.2) is 4.98 Å². The highest BCUT2D eigenvalue weighted by atomic mass is 35.5. The van der Waals surface area contributed by atoms with Crippen LogP contribution < -0.4 is 5.32 Å². The Morgan fingerprint density at radius 1 is 1.79 bits per heavy atom. The topological polar surface area (TPSA) is 42.0 Å². The number of amides is 1. The van der Waals surface area contributed by atoms with Gasteiger partial charge < -0.3 is 5.32 Å². The van der Waals surface area contributed by atoms with E-state index in [9.17, 15) is 4.79 Å². The minimum atomic E-state index is -0.118. The third kappa shape index (κ3) is 3.64. The SMILES string of the molecule is CC(CCl)C(=O)NCCc1nccs1. The van der Waals surface area contributed by atoms with E-state index in [1.807, 2.05) is 12.3 Å². The second-order valence-corrected chi connectivity index (χ2v) is 4.31. The summed E-state index contributed by atoms with van der Waals surface area (Å²) in [6.45, 7) is 2.44. The van der Waals surface area contributed by atoms with Gasteiger partial charge in [0.25, 0.3) is 0 Å². The molecule has 1 aromatic rings. The summed E-state index contributed by atoms with van der Waals surface area (Å²) < 4.78 is 0. The number of rotatable bonds is 5. The zero-order valence-electron chi connectivity index (χ0n) is 8.00. The minimum Gasteiger partial charge on any atom is -0.355 e. The van der Waals surface area contributed by atoms with Gasteiger partial charge in [-0.1, -0.05) is 6.92 Å². The van der Waals surface area contributed by atoms with E-state index in [1.54, 1.807) is 17.5 Å². The molecule has 78 valence electrons. The molecule has 1 atom stereocenters. The Labute approximate surface area is 92.5 Å². The quantitative estimate of drug-likeness (QED) is 0.785. The number of hydrogen-bond donors (Lipinski definition) is 1. The standard InChI is InChI=1S/C9H13ClN2OS/c1-7(6-10)9(13)12-3-2-8-11-4-5-14-8/h4-5,7H,2-3,6H2,1H3,(H,12,13). The van der Waals surface area contributed by atoms with Gasteiger partial charge in [-0.3, -0.25) is 4.79 Å². The van der Waals surface area contributed by atoms with E-state index >= 15 is 0 Å². The number of nitrogens with zero attached hydrogens (tertiary/aromatic N) is 1. The van der Waals surface area contributed by atoms with Gasteiger partial charge >= 0.3 is 0 Å². The number of carbonyl (C=O) groups excluding carboxylic acids is 1. The first-order chi connectivity index (χ1) is 6.74. The molecule has 0 radical (unpaired) electrons. The maximum absolute atomic E-state index is 11.3. The van der Waals surface area contributed by atoms with Gasteiger partial charge in [0.05, 0.1) is 5.01 Å². The van der Waals surface area contributed by atoms with Crippen molar-refractivity contribution < 1.29 is 4.79 Å². The molecule has 3 nitrogen and oxygen atoms in total. The van der Waals surface area contributed by atoms with Gasteiger partial charge in [0.15, 0.2) is 0 Å². The van der Waals surface area contributed by atoms with E-state index in [0.29, 0.717) is 12.4 Å². The number of carbonyl (C=O) groups is 1. The zero-order valence-corrected chi connectivity index (χ0v) is 9.57. The largest absolute Gasteiger partial charge is 0.355 e. The monoisotopic (exact) mass is 232 g/mol. The van der Waals surface area contributed by atoms with Crippen molar-refractivity contribution in [3.05, 3.63) is 16.6 Å². The van der Waals surface area contributed by atoms with Crippen molar-refractivity contribution >= 4 is 28.8 Å². The highest BCUT2D eigenvalue weighted by molar-refractivity contribution is 7.09. The fraction of sp³-hybridized carbons (Fsp3) is 0.556. The molecule has 1 amide bonds. The van der Waals surface area contributed by atoms with E-state index in [-0.39, 0.29) is 11.8 Å². The summed E-state index contributed by atoms with van der Waals surface area (Å²) in [4.78, 5) is 15.4. The summed E-state index contributed by atoms with van der Waals surface area (Å²) in [5.41, 5.74) is 0. The Kier molecular flexibility index (Phi) is 4.90. The average molecular weight is 233 g/mol. The summed E-state index contributed by atoms with van der Waals surface area (Å²) >= 11 is 7.15. The van der Waals surface area contributed by atoms with Gasteiger partial charge in [0.2, 0.25) is 5.91 Å². The van der Waals surface area contributed by atoms with Crippen LogP contribution in [0, 0.1) is 5.92 Å². The molecule has 0 saturated heterocycles. The fourth-order valence-corrected chi connectivity index (χ4v) is 1.67. The number of hydrogen-bond acceptors (Lipinski definition) is 3. The van der Waals surface area contributed by atoms with E-state index < -0.39 is 0 Å². The molecule has 0 saturated carbocycles. The molecule has 5 heteroatoms. The third-order valence-electron chi connectivity index (χ3n) is 1.80. The van der Waals surface area contributed by atoms with Crippen LogP contribution in [-0.2, 0) is 11.2 Å². The number of nitrogens with one attached hydrogen (secondary N) is 1. The normalized spacial score (nSPS) is 12.4. The lowest BCUT2D eigenvalue weighted by Gasteiger charge is -2.07. The molecule has 1 heterocycles. The Hall–Kier alpha value is -0.610. The van der Waals surface area contributed by atoms with Crippen molar-refractivity contribution in [3.63, 3.8) is 0 Å². The van der Waals surface area contributed by atoms with Gasteiger partial charge in [-0.2, -0.15) is 0 Å². The lowest BCUT2D eigenvalue weighted by atomic mass is 10.2. The van der Waals surface area contributed by atoms with Crippen molar-refractivity contribution in [2.75, 3.05) is 12.4 Å². The molecule has 1 N–H and O–H groups in total. The second kappa shape index (κ2) is 5.98. The van der Waals surface area contributed by atoms with Gasteiger partial charge in [0.1, 0.15) is 0 Å². The van der Waals surface area contributed by atoms with Gasteiger partial charge in [0, 0.05) is 36.3 Å². The molecular weight excluding hydrogens is 220 g/mol. The highest BCUT2D eigenvalue weighted by Gasteiger charge is 2.10. The molecule has 0 aliphatic rings. The van der Waals surface area contributed by atoms with Crippen LogP contribution in [0.2, 0.25) is 0 Å². The fourth-order valence-electron chi connectivity index (χ4n) is 0.913. The van der Waals surface area contributed by atoms with Crippen LogP contribution in [-0.4, -0.2) is 23.3 Å². The predicted octanol–water partition coefficient (Wildman–Crippen LogP) is 1.68. The van der Waals surface area contributed by atoms with Crippen molar-refractivity contribution in [2.24, 2.45) is 5.92 Å². The molecule has 14 heavy (non-hydrogen) atoms. The Morgan fingerprint density at radius 3 is 3.14 bits per heavy atom. The van der Waals surface area contributed by atoms with Gasteiger partial charge in [-0.05, 0) is 0 Å². The van der Waals surface area contributed by atoms with Crippen molar-refractivity contribution in [1.29, 1.82) is 0 Å². The first kappa shape index (κ1) is 11.5. The molecule has 0 bridgehead atoms. The summed E-state index contributed by atoms with van der Waals surface area (Å²) in [5.74, 6) is 0.257. The Bertz CT molecular complexity index is 276. The summed E-state index contributed by atoms with van der Waals surface area (Å²) in [6, 6.07) is 0. The lowest BCUT2D eigenvalue weighted by Crippen LogP contribution is -2.31. The molecule has 0 aliphatic heterocycles. The number of alkyl halides is 1. The van der Waals surface area contributed by atoms with Crippen LogP contribution in [0.25, 0.3) is 0 Å². The van der Waals surface area contributed by atoms with E-state index in [4.69, 9.17) is 11.6 Å². The Morgan fingerprint density at radius 2 is 2.57 bits per heavy atom. The van der Waals surface area contributed by atoms with Crippen LogP contribution in [0.1, 0.15) is 11.9 Å². The van der Waals surface area contributed by atoms with Gasteiger partial charge in [-0.15, -0.1) is 22.9 Å². The smallest absolute Gasteiger partial charge is 0.224 e. The van der Waals surface area contributed by atoms with Crippen molar-refractivity contribution in [1.82, 2.24) is 10.3 Å². The average Bonchev–Trinajstić information content (AvgIpc) is 2.69. The van der Waals surface area contributed by atoms with Crippen LogP contribution in [0.5, 0.6) is 0 Å². The molecule has 0 aliphatic carbocycles. The van der Waals surface area contributed by atoms with Crippen LogP contribution in [0.15, 0.2) is 11.6 Å². The Balaban J connectivity index is 2.18. The summed E-state index contributed by atoms with van der Waals surface area (Å²) in [7, 11) is 0. The molecular formula is C9H13ClN2OS. The first-order valence-corrected chi connectivity index (χ1v) is 5.87. The molecule has 0 spiro atoms. The highest BCUT2D eigenvalue weighted by Crippen LogP contribution is 2.04. The zero-order chi connectivity index (χ0) is 10.4. The predicted molar refractivity (Wildman–Crippen MR) is 58.7 cm³/mol. The number of halogens is 1. The van der Waals surface area contributed by atoms with Crippen LogP contribution >= 0.6 is 22.9 Å². The minimum absolute atomic E-state index is 0.0107. The van der Waals surface area contributed by atoms with E-state index in [1.165, 1.54) is 0 Å². The van der Waals surface area contributed by atoms with Crippen molar-refractivity contribution in [3.8, 4) is 0 Å². The van der Waals surface area contributed by atoms with Crippen LogP contribution in [0.4, 0.5) is 0 Å². The maximum atomic E-state index is 11.3. The van der Waals surface area contributed by atoms with Crippen molar-refractivity contribution in [2.45, 2.75) is 13.3 Å². The van der Waals surface area contributed by atoms with Crippen LogP contribution in [0.3, 0.4) is 0 Å². The molecule has 0 fully saturated rings. The first-order valence-electron chi connectivity index (χ1n) is 4.46. The van der Waals surface area contributed by atoms with E-state index in [0.717, 1.165) is 11.4 Å². The number of thiazole rings is 1. The molecule has 1 unspecified atom stereocenters. The summed E-state index contributed by atoms with van der Waals surface area (Å²) in [6.07, 6.45) is 2.56. The second-order valence-electron chi connectivity index (χ2n) is 3.02.